The fourth-order valence-electron chi connectivity index (χ4n) is 2.40. The Morgan fingerprint density at radius 2 is 2.23 bits per heavy atom. The van der Waals surface area contributed by atoms with E-state index in [4.69, 9.17) is 11.6 Å². The molecule has 22 heavy (non-hydrogen) atoms. The average Bonchev–Trinajstić information content (AvgIpc) is 3.06. The molecular weight excluding hydrogens is 342 g/mol. The van der Waals surface area contributed by atoms with Gasteiger partial charge in [0, 0.05) is 41.9 Å². The van der Waals surface area contributed by atoms with Gasteiger partial charge in [-0.05, 0) is 24.6 Å². The first-order valence-corrected chi connectivity index (χ1v) is 9.93. The first-order valence-electron chi connectivity index (χ1n) is 6.96. The second-order valence-electron chi connectivity index (χ2n) is 4.98. The van der Waals surface area contributed by atoms with Gasteiger partial charge in [-0.15, -0.1) is 0 Å². The summed E-state index contributed by atoms with van der Waals surface area (Å²) in [5, 5.41) is 1.50. The molecule has 2 aromatic rings. The number of thioether (sulfide) groups is 1. The van der Waals surface area contributed by atoms with Crippen LogP contribution in [0.5, 0.6) is 0 Å². The van der Waals surface area contributed by atoms with Crippen molar-refractivity contribution in [2.75, 3.05) is 24.6 Å². The maximum Gasteiger partial charge on any atom is 0.214 e. The van der Waals surface area contributed by atoms with Crippen molar-refractivity contribution in [1.29, 1.82) is 0 Å². The average molecular weight is 358 g/mol. The highest BCUT2D eigenvalue weighted by atomic mass is 35.5. The molecule has 0 aliphatic carbocycles. The van der Waals surface area contributed by atoms with E-state index in [0.717, 1.165) is 17.3 Å². The van der Waals surface area contributed by atoms with E-state index in [1.807, 2.05) is 35.0 Å². The molecule has 0 unspecified atom stereocenters. The molecule has 1 fully saturated rings. The lowest BCUT2D eigenvalue weighted by Crippen LogP contribution is -2.28. The topological polar surface area (TPSA) is 55.2 Å². The molecule has 118 valence electrons. The van der Waals surface area contributed by atoms with Gasteiger partial charge in [-0.3, -0.25) is 4.57 Å². The number of sulfonamides is 1. The summed E-state index contributed by atoms with van der Waals surface area (Å²) in [7, 11) is -3.02. The van der Waals surface area contributed by atoms with Crippen LogP contribution >= 0.6 is 23.4 Å². The standard InChI is InChI=1S/C14H16ClN3O2S2/c15-12-3-1-4-13(11-12)18-7-5-16-14(18)21-9-8-17-6-2-10-22(17,19)20/h1,3-5,7,11H,2,6,8-10H2. The molecule has 0 bridgehead atoms. The van der Waals surface area contributed by atoms with Crippen LogP contribution in [0.2, 0.25) is 5.02 Å². The van der Waals surface area contributed by atoms with Gasteiger partial charge in [0.05, 0.1) is 5.75 Å². The highest BCUT2D eigenvalue weighted by Crippen LogP contribution is 2.23. The number of imidazole rings is 1. The van der Waals surface area contributed by atoms with E-state index >= 15 is 0 Å². The summed E-state index contributed by atoms with van der Waals surface area (Å²) in [4.78, 5) is 4.34. The minimum Gasteiger partial charge on any atom is -0.295 e. The van der Waals surface area contributed by atoms with Crippen LogP contribution in [0, 0.1) is 0 Å². The van der Waals surface area contributed by atoms with Crippen LogP contribution in [0.15, 0.2) is 41.8 Å². The van der Waals surface area contributed by atoms with Crippen molar-refractivity contribution in [2.24, 2.45) is 0 Å². The van der Waals surface area contributed by atoms with Crippen LogP contribution in [0.1, 0.15) is 6.42 Å². The SMILES string of the molecule is O=S1(=O)CCCN1CCSc1nccn1-c1cccc(Cl)c1. The summed E-state index contributed by atoms with van der Waals surface area (Å²) >= 11 is 7.57. The molecule has 0 amide bonds. The second kappa shape index (κ2) is 6.62. The summed E-state index contributed by atoms with van der Waals surface area (Å²) in [6.07, 6.45) is 4.33. The number of benzene rings is 1. The van der Waals surface area contributed by atoms with Crippen LogP contribution in [0.4, 0.5) is 0 Å². The highest BCUT2D eigenvalue weighted by Gasteiger charge is 2.27. The van der Waals surface area contributed by atoms with E-state index in [0.29, 0.717) is 23.9 Å². The van der Waals surface area contributed by atoms with Gasteiger partial charge in [-0.2, -0.15) is 0 Å². The molecule has 0 saturated carbocycles. The third-order valence-electron chi connectivity index (χ3n) is 3.47. The molecule has 1 aliphatic rings. The van der Waals surface area contributed by atoms with Crippen LogP contribution < -0.4 is 0 Å². The Labute approximate surface area is 139 Å². The zero-order valence-corrected chi connectivity index (χ0v) is 14.2. The third-order valence-corrected chi connectivity index (χ3v) is 6.61. The van der Waals surface area contributed by atoms with E-state index in [9.17, 15) is 8.42 Å². The number of halogens is 1. The quantitative estimate of drug-likeness (QED) is 0.772. The second-order valence-corrected chi connectivity index (χ2v) is 8.56. The van der Waals surface area contributed by atoms with Crippen molar-refractivity contribution in [3.8, 4) is 5.69 Å². The predicted molar refractivity (Wildman–Crippen MR) is 89.3 cm³/mol. The van der Waals surface area contributed by atoms with Crippen LogP contribution in [0.3, 0.4) is 0 Å². The van der Waals surface area contributed by atoms with Crippen molar-refractivity contribution in [3.05, 3.63) is 41.7 Å². The van der Waals surface area contributed by atoms with E-state index in [1.54, 1.807) is 22.3 Å². The zero-order valence-electron chi connectivity index (χ0n) is 11.9. The summed E-state index contributed by atoms with van der Waals surface area (Å²) in [5.41, 5.74) is 0.946. The van der Waals surface area contributed by atoms with Gasteiger partial charge in [-0.25, -0.2) is 17.7 Å². The molecule has 2 heterocycles. The Morgan fingerprint density at radius 1 is 1.36 bits per heavy atom. The van der Waals surface area contributed by atoms with E-state index in [2.05, 4.69) is 4.98 Å². The molecule has 3 rings (SSSR count). The summed E-state index contributed by atoms with van der Waals surface area (Å²) in [5.74, 6) is 0.950. The van der Waals surface area contributed by atoms with Crippen molar-refractivity contribution in [1.82, 2.24) is 13.9 Å². The molecule has 5 nitrogen and oxygen atoms in total. The lowest BCUT2D eigenvalue weighted by atomic mass is 10.3. The summed E-state index contributed by atoms with van der Waals surface area (Å²) in [6, 6.07) is 7.55. The Kier molecular flexibility index (Phi) is 4.77. The molecule has 0 spiro atoms. The third kappa shape index (κ3) is 3.48. The molecule has 8 heteroatoms. The lowest BCUT2D eigenvalue weighted by Gasteiger charge is -2.14. The molecular formula is C14H16ClN3O2S2. The van der Waals surface area contributed by atoms with Crippen molar-refractivity contribution < 1.29 is 8.42 Å². The van der Waals surface area contributed by atoms with Crippen LogP contribution in [-0.2, 0) is 10.0 Å². The van der Waals surface area contributed by atoms with E-state index < -0.39 is 10.0 Å². The van der Waals surface area contributed by atoms with Gasteiger partial charge in [0.1, 0.15) is 0 Å². The van der Waals surface area contributed by atoms with Gasteiger partial charge < -0.3 is 0 Å². The van der Waals surface area contributed by atoms with Crippen molar-refractivity contribution in [2.45, 2.75) is 11.6 Å². The van der Waals surface area contributed by atoms with E-state index in [-0.39, 0.29) is 5.75 Å². The maximum absolute atomic E-state index is 11.8. The summed E-state index contributed by atoms with van der Waals surface area (Å²) in [6.45, 7) is 1.15. The highest BCUT2D eigenvalue weighted by molar-refractivity contribution is 7.99. The van der Waals surface area contributed by atoms with Crippen LogP contribution in [-0.4, -0.2) is 46.9 Å². The number of rotatable bonds is 5. The molecule has 0 N–H and O–H groups in total. The molecule has 1 aliphatic heterocycles. The number of hydrogen-bond donors (Lipinski definition) is 0. The lowest BCUT2D eigenvalue weighted by molar-refractivity contribution is 0.465. The van der Waals surface area contributed by atoms with Crippen LogP contribution in [0.25, 0.3) is 5.69 Å². The minimum atomic E-state index is -3.02. The first-order chi connectivity index (χ1) is 10.6. The van der Waals surface area contributed by atoms with Crippen molar-refractivity contribution >= 4 is 33.4 Å². The monoisotopic (exact) mass is 357 g/mol. The Morgan fingerprint density at radius 3 is 2.95 bits per heavy atom. The molecule has 1 saturated heterocycles. The zero-order chi connectivity index (χ0) is 15.6. The molecule has 0 atom stereocenters. The van der Waals surface area contributed by atoms with Gasteiger partial charge in [0.2, 0.25) is 10.0 Å². The minimum absolute atomic E-state index is 0.273. The van der Waals surface area contributed by atoms with Gasteiger partial charge in [0.25, 0.3) is 0 Å². The van der Waals surface area contributed by atoms with Gasteiger partial charge >= 0.3 is 0 Å². The molecule has 0 radical (unpaired) electrons. The number of nitrogens with zero attached hydrogens (tertiary/aromatic N) is 3. The maximum atomic E-state index is 11.8. The normalized spacial score (nSPS) is 17.9. The number of aromatic nitrogens is 2. The molecule has 1 aromatic carbocycles. The Hall–Kier alpha value is -1.02. The summed E-state index contributed by atoms with van der Waals surface area (Å²) < 4.78 is 27.0. The fraction of sp³-hybridized carbons (Fsp3) is 0.357. The Balaban J connectivity index is 1.66. The Bertz CT molecular complexity index is 761. The number of hydrogen-bond acceptors (Lipinski definition) is 4. The predicted octanol–water partition coefficient (Wildman–Crippen LogP) is 2.65. The van der Waals surface area contributed by atoms with Crippen molar-refractivity contribution in [3.63, 3.8) is 0 Å². The largest absolute Gasteiger partial charge is 0.295 e. The smallest absolute Gasteiger partial charge is 0.214 e. The van der Waals surface area contributed by atoms with E-state index in [1.165, 1.54) is 0 Å². The van der Waals surface area contributed by atoms with Gasteiger partial charge in [0.15, 0.2) is 5.16 Å². The first kappa shape index (κ1) is 15.9. The molecule has 1 aromatic heterocycles. The fourth-order valence-corrected chi connectivity index (χ4v) is 5.16. The van der Waals surface area contributed by atoms with Gasteiger partial charge in [-0.1, -0.05) is 29.4 Å².